The lowest BCUT2D eigenvalue weighted by molar-refractivity contribution is -0.126. The number of carbonyl (C=O) groups excluding carboxylic acids is 1. The number of nitrogens with two attached hydrogens (primary N) is 1. The highest BCUT2D eigenvalue weighted by molar-refractivity contribution is 5.94. The van der Waals surface area contributed by atoms with Gasteiger partial charge in [-0.05, 0) is 37.5 Å². The summed E-state index contributed by atoms with van der Waals surface area (Å²) in [6, 6.07) is 7.65. The molecule has 1 heterocycles. The molecule has 118 valence electrons. The number of rotatable bonds is 5. The normalized spacial score (nSPS) is 22.4. The van der Waals surface area contributed by atoms with Gasteiger partial charge in [-0.25, -0.2) is 0 Å². The van der Waals surface area contributed by atoms with Crippen LogP contribution in [0.15, 0.2) is 24.3 Å². The highest BCUT2D eigenvalue weighted by atomic mass is 35.5. The minimum absolute atomic E-state index is 0. The van der Waals surface area contributed by atoms with Crippen molar-refractivity contribution in [1.82, 2.24) is 0 Å². The summed E-state index contributed by atoms with van der Waals surface area (Å²) in [5.41, 5.74) is 7.33. The van der Waals surface area contributed by atoms with Crippen molar-refractivity contribution in [2.45, 2.75) is 38.1 Å². The first kappa shape index (κ1) is 17.9. The van der Waals surface area contributed by atoms with Gasteiger partial charge in [-0.1, -0.05) is 12.1 Å². The number of halogens is 1. The summed E-state index contributed by atoms with van der Waals surface area (Å²) in [4.78, 5) is 12.1. The van der Waals surface area contributed by atoms with Gasteiger partial charge in [0, 0.05) is 19.3 Å². The molecule has 1 aromatic rings. The number of ether oxygens (including phenoxy) is 2. The Labute approximate surface area is 131 Å². The van der Waals surface area contributed by atoms with E-state index in [2.05, 4.69) is 5.32 Å². The quantitative estimate of drug-likeness (QED) is 0.874. The molecule has 1 amide bonds. The molecule has 1 aromatic carbocycles. The van der Waals surface area contributed by atoms with Crippen LogP contribution in [0.5, 0.6) is 0 Å². The lowest BCUT2D eigenvalue weighted by atomic mass is 10.1. The Morgan fingerprint density at radius 3 is 2.90 bits per heavy atom. The fraction of sp³-hybridized carbons (Fsp3) is 0.533. The Morgan fingerprint density at radius 1 is 1.52 bits per heavy atom. The van der Waals surface area contributed by atoms with Gasteiger partial charge in [0.15, 0.2) is 0 Å². The second-order valence-corrected chi connectivity index (χ2v) is 5.05. The molecule has 0 radical (unpaired) electrons. The van der Waals surface area contributed by atoms with Gasteiger partial charge in [-0.2, -0.15) is 0 Å². The molecule has 5 nitrogen and oxygen atoms in total. The van der Waals surface area contributed by atoms with Gasteiger partial charge < -0.3 is 20.5 Å². The minimum Gasteiger partial charge on any atom is -0.377 e. The third kappa shape index (κ3) is 4.68. The zero-order valence-electron chi connectivity index (χ0n) is 12.4. The second-order valence-electron chi connectivity index (χ2n) is 5.05. The predicted octanol–water partition coefficient (Wildman–Crippen LogP) is 2.26. The maximum atomic E-state index is 12.1. The molecule has 0 spiro atoms. The van der Waals surface area contributed by atoms with Crippen molar-refractivity contribution in [2.24, 2.45) is 5.73 Å². The average Bonchev–Trinajstić information content (AvgIpc) is 2.95. The summed E-state index contributed by atoms with van der Waals surface area (Å²) < 4.78 is 10.9. The lowest BCUT2D eigenvalue weighted by Gasteiger charge is -2.14. The monoisotopic (exact) mass is 314 g/mol. The van der Waals surface area contributed by atoms with Crippen molar-refractivity contribution >= 4 is 24.0 Å². The number of hydrogen-bond acceptors (Lipinski definition) is 4. The zero-order valence-corrected chi connectivity index (χ0v) is 13.2. The molecular formula is C15H23ClN2O3. The molecule has 1 unspecified atom stereocenters. The van der Waals surface area contributed by atoms with Crippen molar-refractivity contribution in [2.75, 3.05) is 19.0 Å². The van der Waals surface area contributed by atoms with Gasteiger partial charge in [0.1, 0.15) is 6.10 Å². The molecule has 3 N–H and O–H groups in total. The average molecular weight is 315 g/mol. The first-order chi connectivity index (χ1) is 9.63. The largest absolute Gasteiger partial charge is 0.377 e. The molecule has 1 saturated heterocycles. The number of benzene rings is 1. The van der Waals surface area contributed by atoms with Crippen LogP contribution in [0.4, 0.5) is 5.69 Å². The highest BCUT2D eigenvalue weighted by Gasteiger charge is 2.29. The number of carbonyl (C=O) groups is 1. The Balaban J connectivity index is 0.00000220. The lowest BCUT2D eigenvalue weighted by Crippen LogP contribution is -2.29. The Morgan fingerprint density at radius 2 is 2.29 bits per heavy atom. The SMILES string of the molecule is COC(C)c1cccc(NC(=O)[C@@H]2CC[C@H](CN)O2)c1.Cl. The van der Waals surface area contributed by atoms with Crippen LogP contribution in [0.3, 0.4) is 0 Å². The second kappa shape index (κ2) is 8.34. The van der Waals surface area contributed by atoms with Crippen LogP contribution in [0.2, 0.25) is 0 Å². The third-order valence-corrected chi connectivity index (χ3v) is 3.64. The third-order valence-electron chi connectivity index (χ3n) is 3.64. The Bertz CT molecular complexity index is 470. The van der Waals surface area contributed by atoms with Gasteiger partial charge in [0.05, 0.1) is 12.2 Å². The fourth-order valence-electron chi connectivity index (χ4n) is 2.30. The number of methoxy groups -OCH3 is 1. The van der Waals surface area contributed by atoms with E-state index in [9.17, 15) is 4.79 Å². The van der Waals surface area contributed by atoms with Gasteiger partial charge in [0.2, 0.25) is 0 Å². The Hall–Kier alpha value is -1.14. The molecule has 0 aromatic heterocycles. The van der Waals surface area contributed by atoms with Gasteiger partial charge in [-0.15, -0.1) is 12.4 Å². The van der Waals surface area contributed by atoms with Crippen LogP contribution in [-0.2, 0) is 14.3 Å². The van der Waals surface area contributed by atoms with Crippen LogP contribution in [0, 0.1) is 0 Å². The number of nitrogens with one attached hydrogen (secondary N) is 1. The summed E-state index contributed by atoms with van der Waals surface area (Å²) in [5, 5.41) is 2.89. The van der Waals surface area contributed by atoms with E-state index in [1.54, 1.807) is 7.11 Å². The van der Waals surface area contributed by atoms with E-state index in [0.29, 0.717) is 6.54 Å². The van der Waals surface area contributed by atoms with E-state index in [1.807, 2.05) is 31.2 Å². The molecular weight excluding hydrogens is 292 g/mol. The highest BCUT2D eigenvalue weighted by Crippen LogP contribution is 2.22. The van der Waals surface area contributed by atoms with Crippen molar-refractivity contribution in [3.8, 4) is 0 Å². The first-order valence-electron chi connectivity index (χ1n) is 6.93. The summed E-state index contributed by atoms with van der Waals surface area (Å²) in [7, 11) is 1.66. The van der Waals surface area contributed by atoms with Gasteiger partial charge >= 0.3 is 0 Å². The standard InChI is InChI=1S/C15H22N2O3.ClH/c1-10(19-2)11-4-3-5-12(8-11)17-15(18)14-7-6-13(9-16)20-14;/h3-5,8,10,13-14H,6-7,9,16H2,1-2H3,(H,17,18);1H/t10?,13-,14+;/m1./s1. The molecule has 21 heavy (non-hydrogen) atoms. The van der Waals surface area contributed by atoms with E-state index in [4.69, 9.17) is 15.2 Å². The van der Waals surface area contributed by atoms with E-state index >= 15 is 0 Å². The van der Waals surface area contributed by atoms with Crippen LogP contribution in [0.25, 0.3) is 0 Å². The zero-order chi connectivity index (χ0) is 14.5. The van der Waals surface area contributed by atoms with E-state index in [0.717, 1.165) is 24.1 Å². The fourth-order valence-corrected chi connectivity index (χ4v) is 2.30. The van der Waals surface area contributed by atoms with Crippen LogP contribution in [-0.4, -0.2) is 31.8 Å². The summed E-state index contributed by atoms with van der Waals surface area (Å²) in [6.07, 6.45) is 1.17. The van der Waals surface area contributed by atoms with Crippen molar-refractivity contribution in [3.05, 3.63) is 29.8 Å². The number of amides is 1. The van der Waals surface area contributed by atoms with Gasteiger partial charge in [0.25, 0.3) is 5.91 Å². The molecule has 3 atom stereocenters. The first-order valence-corrected chi connectivity index (χ1v) is 6.93. The molecule has 1 aliphatic heterocycles. The maximum absolute atomic E-state index is 12.1. The van der Waals surface area contributed by atoms with Crippen molar-refractivity contribution in [3.63, 3.8) is 0 Å². The van der Waals surface area contributed by atoms with E-state index in [1.165, 1.54) is 0 Å². The molecule has 6 heteroatoms. The molecule has 1 fully saturated rings. The number of hydrogen-bond donors (Lipinski definition) is 2. The smallest absolute Gasteiger partial charge is 0.253 e. The Kier molecular flexibility index (Phi) is 7.11. The molecule has 0 aliphatic carbocycles. The van der Waals surface area contributed by atoms with E-state index in [-0.39, 0.29) is 30.5 Å². The molecule has 0 bridgehead atoms. The summed E-state index contributed by atoms with van der Waals surface area (Å²) >= 11 is 0. The van der Waals surface area contributed by atoms with Gasteiger partial charge in [-0.3, -0.25) is 4.79 Å². The van der Waals surface area contributed by atoms with Crippen molar-refractivity contribution in [1.29, 1.82) is 0 Å². The van der Waals surface area contributed by atoms with Crippen LogP contribution >= 0.6 is 12.4 Å². The topological polar surface area (TPSA) is 73.6 Å². The maximum Gasteiger partial charge on any atom is 0.253 e. The summed E-state index contributed by atoms with van der Waals surface area (Å²) in [6.45, 7) is 2.43. The summed E-state index contributed by atoms with van der Waals surface area (Å²) in [5.74, 6) is -0.108. The molecule has 1 aliphatic rings. The molecule has 0 saturated carbocycles. The van der Waals surface area contributed by atoms with Crippen molar-refractivity contribution < 1.29 is 14.3 Å². The predicted molar refractivity (Wildman–Crippen MR) is 84.7 cm³/mol. The number of anilines is 1. The van der Waals surface area contributed by atoms with Crippen LogP contribution < -0.4 is 11.1 Å². The van der Waals surface area contributed by atoms with E-state index < -0.39 is 6.10 Å². The molecule has 2 rings (SSSR count). The minimum atomic E-state index is -0.396. The van der Waals surface area contributed by atoms with Crippen LogP contribution in [0.1, 0.15) is 31.4 Å².